The van der Waals surface area contributed by atoms with Crippen molar-refractivity contribution in [2.45, 2.75) is 101 Å². The standard InChI is InChI=1S/C48H56ClN9O14S/c1-25(59)38(56-35(61)19-53-44(66)71-46(3,4)5)42(63)70-22-29(48(26(2)60,43(64)65)58-36(62)20-54-45(67)72-47(6,7)8)21-68-32-15-11-27(12-16-32)37-33(17-50)39(52)57-41(34(37)18-51)73-24-31-23-69-40(55-31)28-9-13-30(49)14-10-28/h9-16,23,25-26,29,38,59-60H,19-22,24H2,1-8H3,(H2,52,57)(H,53,66)(H,54,67)(H,56,61)(H,58,62)(H,64,65)/t25-,26-,29+,38+,48-/m1/s1. The van der Waals surface area contributed by atoms with Gasteiger partial charge in [0.25, 0.3) is 0 Å². The zero-order valence-corrected chi connectivity index (χ0v) is 42.6. The number of nitriles is 2. The molecule has 4 amide bonds. The fraction of sp³-hybridized carbons (Fsp3) is 0.417. The normalized spacial score (nSPS) is 13.8. The van der Waals surface area contributed by atoms with Crippen LogP contribution in [-0.4, -0.2) is 123 Å². The molecule has 2 aromatic carbocycles. The van der Waals surface area contributed by atoms with E-state index in [0.717, 1.165) is 25.6 Å². The number of nitrogens with zero attached hydrogens (tertiary/aromatic N) is 4. The van der Waals surface area contributed by atoms with Crippen LogP contribution < -0.4 is 31.7 Å². The number of nitrogen functional groups attached to an aromatic ring is 1. The molecule has 0 aliphatic rings. The minimum Gasteiger partial charge on any atom is -0.493 e. The van der Waals surface area contributed by atoms with E-state index in [-0.39, 0.29) is 39.0 Å². The molecule has 2 aromatic heterocycles. The van der Waals surface area contributed by atoms with Gasteiger partial charge in [0.05, 0.1) is 36.0 Å². The summed E-state index contributed by atoms with van der Waals surface area (Å²) in [5.41, 5.74) is 3.24. The Morgan fingerprint density at radius 3 is 1.90 bits per heavy atom. The van der Waals surface area contributed by atoms with Crippen molar-refractivity contribution in [3.8, 4) is 40.5 Å². The molecule has 0 spiro atoms. The van der Waals surface area contributed by atoms with Crippen molar-refractivity contribution >= 4 is 65.1 Å². The van der Waals surface area contributed by atoms with Gasteiger partial charge in [0.1, 0.15) is 71.5 Å². The van der Waals surface area contributed by atoms with Crippen molar-refractivity contribution in [3.63, 3.8) is 0 Å². The van der Waals surface area contributed by atoms with Gasteiger partial charge >= 0.3 is 24.1 Å². The van der Waals surface area contributed by atoms with Crippen LogP contribution in [0.2, 0.25) is 5.02 Å². The molecular formula is C48H56ClN9O14S. The molecule has 4 aromatic rings. The molecule has 0 aliphatic carbocycles. The Morgan fingerprint density at radius 1 is 0.822 bits per heavy atom. The Morgan fingerprint density at radius 2 is 1.38 bits per heavy atom. The van der Waals surface area contributed by atoms with Crippen molar-refractivity contribution in [2.24, 2.45) is 5.92 Å². The first-order valence-electron chi connectivity index (χ1n) is 22.2. The van der Waals surface area contributed by atoms with Gasteiger partial charge in [-0.25, -0.2) is 29.1 Å². The lowest BCUT2D eigenvalue weighted by molar-refractivity contribution is -0.165. The van der Waals surface area contributed by atoms with Gasteiger partial charge in [-0.3, -0.25) is 9.59 Å². The van der Waals surface area contributed by atoms with Crippen LogP contribution in [0.4, 0.5) is 15.4 Å². The first-order valence-corrected chi connectivity index (χ1v) is 23.5. The molecule has 0 aliphatic heterocycles. The fourth-order valence-electron chi connectivity index (χ4n) is 6.69. The van der Waals surface area contributed by atoms with Crippen LogP contribution in [0.25, 0.3) is 22.6 Å². The summed E-state index contributed by atoms with van der Waals surface area (Å²) in [6, 6.07) is 14.9. The van der Waals surface area contributed by atoms with Crippen molar-refractivity contribution in [2.75, 3.05) is 32.0 Å². The van der Waals surface area contributed by atoms with Crippen molar-refractivity contribution in [1.29, 1.82) is 10.5 Å². The molecule has 23 nitrogen and oxygen atoms in total. The molecule has 0 saturated heterocycles. The molecule has 9 N–H and O–H groups in total. The molecule has 0 unspecified atom stereocenters. The number of aromatic nitrogens is 2. The Bertz CT molecular complexity index is 2730. The van der Waals surface area contributed by atoms with Gasteiger partial charge in [-0.05, 0) is 97.4 Å². The number of hydrogen-bond donors (Lipinski definition) is 8. The van der Waals surface area contributed by atoms with Gasteiger partial charge in [-0.2, -0.15) is 10.5 Å². The maximum Gasteiger partial charge on any atom is 0.408 e. The number of pyridine rings is 1. The molecule has 390 valence electrons. The number of hydrogen-bond acceptors (Lipinski definition) is 19. The largest absolute Gasteiger partial charge is 0.493 e. The van der Waals surface area contributed by atoms with Gasteiger partial charge in [0, 0.05) is 21.9 Å². The third-order valence-electron chi connectivity index (χ3n) is 10.1. The number of aliphatic hydroxyl groups is 2. The van der Waals surface area contributed by atoms with Gasteiger partial charge in [0.15, 0.2) is 11.6 Å². The smallest absolute Gasteiger partial charge is 0.408 e. The number of oxazole rings is 1. The minimum absolute atomic E-state index is 0.0128. The van der Waals surface area contributed by atoms with Crippen molar-refractivity contribution in [3.05, 3.63) is 76.6 Å². The highest BCUT2D eigenvalue weighted by molar-refractivity contribution is 7.98. The first kappa shape index (κ1) is 57.9. The molecule has 2 heterocycles. The number of aliphatic hydroxyl groups excluding tert-OH is 2. The lowest BCUT2D eigenvalue weighted by atomic mass is 9.80. The highest BCUT2D eigenvalue weighted by atomic mass is 35.5. The highest BCUT2D eigenvalue weighted by Gasteiger charge is 2.53. The number of benzene rings is 2. The van der Waals surface area contributed by atoms with E-state index in [1.165, 1.54) is 30.5 Å². The Kier molecular flexibility index (Phi) is 20.0. The van der Waals surface area contributed by atoms with E-state index in [9.17, 15) is 54.6 Å². The number of anilines is 1. The summed E-state index contributed by atoms with van der Waals surface area (Å²) in [6.45, 7) is 8.49. The number of carboxylic acids is 1. The average Bonchev–Trinajstić information content (AvgIpc) is 3.78. The maximum atomic E-state index is 13.5. The number of ether oxygens (including phenoxy) is 4. The molecule has 0 radical (unpaired) electrons. The van der Waals surface area contributed by atoms with E-state index >= 15 is 0 Å². The van der Waals surface area contributed by atoms with E-state index in [2.05, 4.69) is 37.3 Å². The number of carbonyl (C=O) groups is 6. The number of nitrogens with two attached hydrogens (primary N) is 1. The molecule has 25 heteroatoms. The van der Waals surface area contributed by atoms with Crippen LogP contribution in [0.15, 0.2) is 64.2 Å². The zero-order valence-electron chi connectivity index (χ0n) is 41.0. The molecule has 4 rings (SSSR count). The summed E-state index contributed by atoms with van der Waals surface area (Å²) >= 11 is 7.13. The maximum absolute atomic E-state index is 13.5. The highest BCUT2D eigenvalue weighted by Crippen LogP contribution is 2.38. The SMILES string of the molecule is C[C@@H](O)[C@H](NC(=O)CNC(=O)OC(C)(C)C)C(=O)OC[C@H](COc1ccc(-c2c(C#N)c(N)nc(SCc3coc(-c4ccc(Cl)cc4)n3)c2C#N)cc1)[C@@](NC(=O)CNC(=O)OC(C)(C)C)(C(=O)O)[C@@H](C)O. The van der Waals surface area contributed by atoms with E-state index in [1.807, 2.05) is 6.07 Å². The van der Waals surface area contributed by atoms with Gasteiger partial charge in [0.2, 0.25) is 17.7 Å². The lowest BCUT2D eigenvalue weighted by Crippen LogP contribution is -2.68. The van der Waals surface area contributed by atoms with E-state index in [1.54, 1.807) is 65.8 Å². The zero-order chi connectivity index (χ0) is 54.4. The summed E-state index contributed by atoms with van der Waals surface area (Å²) in [5.74, 6) is -6.49. The molecular weight excluding hydrogens is 994 g/mol. The fourth-order valence-corrected chi connectivity index (χ4v) is 7.69. The number of amides is 4. The number of halogens is 1. The van der Waals surface area contributed by atoms with Gasteiger partial charge in [-0.1, -0.05) is 35.5 Å². The Labute approximate surface area is 429 Å². The third kappa shape index (κ3) is 16.4. The van der Waals surface area contributed by atoms with Gasteiger partial charge < -0.3 is 65.7 Å². The van der Waals surface area contributed by atoms with Crippen LogP contribution in [0.3, 0.4) is 0 Å². The molecule has 0 saturated carbocycles. The number of thioether (sulfide) groups is 1. The topological polar surface area (TPSA) is 361 Å². The number of rotatable bonds is 21. The Balaban J connectivity index is 1.63. The summed E-state index contributed by atoms with van der Waals surface area (Å²) in [5, 5.41) is 62.6. The van der Waals surface area contributed by atoms with Crippen LogP contribution in [-0.2, 0) is 39.1 Å². The molecule has 0 bridgehead atoms. The van der Waals surface area contributed by atoms with Crippen LogP contribution >= 0.6 is 23.4 Å². The molecule has 5 atom stereocenters. The second-order valence-corrected chi connectivity index (χ2v) is 19.5. The van der Waals surface area contributed by atoms with Crippen LogP contribution in [0.5, 0.6) is 5.75 Å². The summed E-state index contributed by atoms with van der Waals surface area (Å²) in [6.07, 6.45) is -4.09. The predicted octanol–water partition coefficient (Wildman–Crippen LogP) is 4.45. The van der Waals surface area contributed by atoms with E-state index in [4.69, 9.17) is 40.7 Å². The summed E-state index contributed by atoms with van der Waals surface area (Å²) in [7, 11) is 0. The number of carboxylic acid groups (broad SMARTS) is 1. The third-order valence-corrected chi connectivity index (χ3v) is 11.3. The molecule has 0 fully saturated rings. The minimum atomic E-state index is -2.73. The monoisotopic (exact) mass is 1050 g/mol. The first-order chi connectivity index (χ1) is 34.2. The number of aliphatic carboxylic acids is 1. The van der Waals surface area contributed by atoms with Crippen molar-refractivity contribution < 1.29 is 67.5 Å². The summed E-state index contributed by atoms with van der Waals surface area (Å²) in [4.78, 5) is 86.2. The number of carbonyl (C=O) groups excluding carboxylic acids is 5. The van der Waals surface area contributed by atoms with E-state index in [0.29, 0.717) is 27.7 Å². The van der Waals surface area contributed by atoms with Crippen molar-refractivity contribution in [1.82, 2.24) is 31.2 Å². The summed E-state index contributed by atoms with van der Waals surface area (Å²) < 4.78 is 27.3. The quantitative estimate of drug-likeness (QED) is 0.0324. The number of esters is 1. The average molecular weight is 1050 g/mol. The number of alkyl carbamates (subject to hydrolysis) is 2. The second-order valence-electron chi connectivity index (χ2n) is 18.1. The second kappa shape index (κ2) is 25.1. The molecule has 73 heavy (non-hydrogen) atoms. The van der Waals surface area contributed by atoms with E-state index < -0.39 is 103 Å². The van der Waals surface area contributed by atoms with Crippen LogP contribution in [0.1, 0.15) is 72.2 Å². The van der Waals surface area contributed by atoms with Gasteiger partial charge in [-0.15, -0.1) is 0 Å². The predicted molar refractivity (Wildman–Crippen MR) is 262 cm³/mol. The number of nitrogens with one attached hydrogen (secondary N) is 4. The lowest BCUT2D eigenvalue weighted by Gasteiger charge is -2.39. The Hall–Kier alpha value is -7.64. The van der Waals surface area contributed by atoms with Crippen LogP contribution in [0, 0.1) is 28.6 Å².